The lowest BCUT2D eigenvalue weighted by Crippen LogP contribution is -2.55. The Balaban J connectivity index is 2.39. The summed E-state index contributed by atoms with van der Waals surface area (Å²) < 4.78 is 2.66. The summed E-state index contributed by atoms with van der Waals surface area (Å²) in [5, 5.41) is 0. The minimum absolute atomic E-state index is 0.335. The average Bonchev–Trinajstić information content (AvgIpc) is 3.08. The molecule has 1 heterocycles. The summed E-state index contributed by atoms with van der Waals surface area (Å²) in [6.07, 6.45) is 56.5. The van der Waals surface area contributed by atoms with E-state index in [1.165, 1.54) is 231 Å². The molecule has 0 atom stereocenters. The highest BCUT2D eigenvalue weighted by Crippen LogP contribution is 2.32. The zero-order valence-corrected chi connectivity index (χ0v) is 32.3. The van der Waals surface area contributed by atoms with Crippen LogP contribution >= 0.6 is 0 Å². The second-order valence-corrected chi connectivity index (χ2v) is 15.4. The number of hydrogen-bond acceptors (Lipinski definition) is 0. The van der Waals surface area contributed by atoms with Gasteiger partial charge in [0.1, 0.15) is 0 Å². The molecule has 0 aliphatic carbocycles. The van der Waals surface area contributed by atoms with E-state index < -0.39 is 0 Å². The number of rotatable bonds is 37. The lowest BCUT2D eigenvalue weighted by atomic mass is 9.81. The van der Waals surface area contributed by atoms with Gasteiger partial charge in [0.15, 0.2) is 17.9 Å². The van der Waals surface area contributed by atoms with Crippen LogP contribution in [-0.4, -0.2) is 0 Å². The van der Waals surface area contributed by atoms with Crippen LogP contribution in [0.5, 0.6) is 0 Å². The SMILES string of the molecule is CCCCCCCCCCCCCCCCC(CCCCCCC)(CCCCCCCCCCCCCCCC)[n+]1ccccc1. The molecule has 0 saturated carbocycles. The summed E-state index contributed by atoms with van der Waals surface area (Å²) in [5.41, 5.74) is 0.335. The second kappa shape index (κ2) is 34.0. The number of aromatic nitrogens is 1. The number of unbranched alkanes of at least 4 members (excludes halogenated alkanes) is 30. The molecule has 1 heteroatoms. The zero-order valence-electron chi connectivity index (χ0n) is 32.3. The third kappa shape index (κ3) is 25.2. The van der Waals surface area contributed by atoms with Crippen LogP contribution in [0.4, 0.5) is 0 Å². The van der Waals surface area contributed by atoms with Gasteiger partial charge in [-0.2, -0.15) is 4.57 Å². The lowest BCUT2D eigenvalue weighted by molar-refractivity contribution is -0.768. The van der Waals surface area contributed by atoms with Gasteiger partial charge in [0.2, 0.25) is 0 Å². The number of hydrogen-bond donors (Lipinski definition) is 0. The van der Waals surface area contributed by atoms with Crippen molar-refractivity contribution in [3.63, 3.8) is 0 Å². The Morgan fingerprint density at radius 1 is 0.283 bits per heavy atom. The first-order valence-electron chi connectivity index (χ1n) is 21.8. The maximum absolute atomic E-state index is 2.66. The summed E-state index contributed by atoms with van der Waals surface area (Å²) in [6.45, 7) is 6.97. The minimum Gasteiger partial charge on any atom is -0.200 e. The molecule has 0 bridgehead atoms. The van der Waals surface area contributed by atoms with Crippen molar-refractivity contribution >= 4 is 0 Å². The molecule has 0 aliphatic rings. The minimum atomic E-state index is 0.335. The van der Waals surface area contributed by atoms with E-state index in [1.54, 1.807) is 0 Å². The van der Waals surface area contributed by atoms with Gasteiger partial charge in [-0.15, -0.1) is 0 Å². The van der Waals surface area contributed by atoms with Crippen LogP contribution in [0.2, 0.25) is 0 Å². The zero-order chi connectivity index (χ0) is 33.1. The van der Waals surface area contributed by atoms with Crippen molar-refractivity contribution in [1.29, 1.82) is 0 Å². The third-order valence-corrected chi connectivity index (χ3v) is 11.0. The molecule has 1 aromatic heterocycles. The van der Waals surface area contributed by atoms with Gasteiger partial charge in [-0.25, -0.2) is 0 Å². The Labute approximate surface area is 291 Å². The monoisotopic (exact) mass is 641 g/mol. The molecule has 0 spiro atoms. The fraction of sp³-hybridized carbons (Fsp3) is 0.889. The normalized spacial score (nSPS) is 11.9. The van der Waals surface area contributed by atoms with Gasteiger partial charge in [0, 0.05) is 31.4 Å². The molecule has 1 rings (SSSR count). The molecular formula is C45H86N+. The molecule has 0 N–H and O–H groups in total. The van der Waals surface area contributed by atoms with Crippen molar-refractivity contribution in [2.45, 2.75) is 257 Å². The van der Waals surface area contributed by atoms with Crippen LogP contribution in [0.1, 0.15) is 252 Å². The predicted molar refractivity (Wildman–Crippen MR) is 208 cm³/mol. The summed E-state index contributed by atoms with van der Waals surface area (Å²) in [5.74, 6) is 0. The van der Waals surface area contributed by atoms with E-state index >= 15 is 0 Å². The Kier molecular flexibility index (Phi) is 31.9. The molecule has 270 valence electrons. The van der Waals surface area contributed by atoms with Crippen molar-refractivity contribution < 1.29 is 4.57 Å². The summed E-state index contributed by atoms with van der Waals surface area (Å²) in [7, 11) is 0. The number of nitrogens with zero attached hydrogens (tertiary/aromatic N) is 1. The van der Waals surface area contributed by atoms with Crippen LogP contribution in [0.15, 0.2) is 30.6 Å². The molecule has 1 nitrogen and oxygen atoms in total. The van der Waals surface area contributed by atoms with Crippen LogP contribution in [0.25, 0.3) is 0 Å². The molecule has 46 heavy (non-hydrogen) atoms. The van der Waals surface area contributed by atoms with Crippen molar-refractivity contribution in [3.8, 4) is 0 Å². The summed E-state index contributed by atoms with van der Waals surface area (Å²) in [6, 6.07) is 6.77. The molecule has 0 radical (unpaired) electrons. The van der Waals surface area contributed by atoms with E-state index in [0.717, 1.165) is 0 Å². The van der Waals surface area contributed by atoms with Crippen molar-refractivity contribution in [2.75, 3.05) is 0 Å². The van der Waals surface area contributed by atoms with Crippen LogP contribution < -0.4 is 4.57 Å². The maximum Gasteiger partial charge on any atom is 0.169 e. The molecule has 0 saturated heterocycles. The highest BCUT2D eigenvalue weighted by molar-refractivity contribution is 4.86. The Hall–Kier alpha value is -0.850. The fourth-order valence-electron chi connectivity index (χ4n) is 7.83. The quantitative estimate of drug-likeness (QED) is 0.0503. The first kappa shape index (κ1) is 43.2. The van der Waals surface area contributed by atoms with E-state index in [4.69, 9.17) is 0 Å². The van der Waals surface area contributed by atoms with Crippen molar-refractivity contribution in [1.82, 2.24) is 0 Å². The van der Waals surface area contributed by atoms with E-state index in [9.17, 15) is 0 Å². The van der Waals surface area contributed by atoms with E-state index in [2.05, 4.69) is 55.9 Å². The molecule has 1 aromatic rings. The van der Waals surface area contributed by atoms with Crippen LogP contribution in [0, 0.1) is 0 Å². The Morgan fingerprint density at radius 2 is 0.500 bits per heavy atom. The predicted octanol–water partition coefficient (Wildman–Crippen LogP) is 15.8. The molecular weight excluding hydrogens is 555 g/mol. The topological polar surface area (TPSA) is 3.88 Å². The summed E-state index contributed by atoms with van der Waals surface area (Å²) >= 11 is 0. The summed E-state index contributed by atoms with van der Waals surface area (Å²) in [4.78, 5) is 0. The highest BCUT2D eigenvalue weighted by Gasteiger charge is 2.37. The van der Waals surface area contributed by atoms with Gasteiger partial charge < -0.3 is 0 Å². The van der Waals surface area contributed by atoms with Gasteiger partial charge in [-0.1, -0.05) is 219 Å². The van der Waals surface area contributed by atoms with Crippen LogP contribution in [0.3, 0.4) is 0 Å². The molecule has 0 aromatic carbocycles. The third-order valence-electron chi connectivity index (χ3n) is 11.0. The lowest BCUT2D eigenvalue weighted by Gasteiger charge is -2.29. The van der Waals surface area contributed by atoms with Crippen molar-refractivity contribution in [3.05, 3.63) is 30.6 Å². The molecule has 0 unspecified atom stereocenters. The Bertz CT molecular complexity index is 664. The standard InChI is InChI=1S/C45H86N/c1-4-7-10-13-15-17-19-21-23-25-27-29-32-36-41-45(40-35-31-12-9-6-3,46-43-38-34-39-44-46)42-37-33-30-28-26-24-22-20-18-16-14-11-8-5-2/h34,38-39,43-44H,4-33,35-37,40-42H2,1-3H3/q+1. The fourth-order valence-corrected chi connectivity index (χ4v) is 7.83. The molecule has 0 amide bonds. The molecule has 0 fully saturated rings. The van der Waals surface area contributed by atoms with Gasteiger partial charge in [0.05, 0.1) is 0 Å². The van der Waals surface area contributed by atoms with Crippen molar-refractivity contribution in [2.24, 2.45) is 0 Å². The number of pyridine rings is 1. The second-order valence-electron chi connectivity index (χ2n) is 15.4. The van der Waals surface area contributed by atoms with E-state index in [-0.39, 0.29) is 0 Å². The van der Waals surface area contributed by atoms with Gasteiger partial charge in [0.25, 0.3) is 0 Å². The average molecular weight is 641 g/mol. The maximum atomic E-state index is 2.66. The van der Waals surface area contributed by atoms with Gasteiger partial charge >= 0.3 is 0 Å². The first-order valence-corrected chi connectivity index (χ1v) is 21.8. The van der Waals surface area contributed by atoms with Crippen LogP contribution in [-0.2, 0) is 5.54 Å². The van der Waals surface area contributed by atoms with E-state index in [0.29, 0.717) is 5.54 Å². The first-order chi connectivity index (χ1) is 22.8. The van der Waals surface area contributed by atoms with Gasteiger partial charge in [-0.05, 0) is 19.3 Å². The van der Waals surface area contributed by atoms with Gasteiger partial charge in [-0.3, -0.25) is 0 Å². The highest BCUT2D eigenvalue weighted by atomic mass is 15.0. The van der Waals surface area contributed by atoms with E-state index in [1.807, 2.05) is 0 Å². The molecule has 0 aliphatic heterocycles. The smallest absolute Gasteiger partial charge is 0.169 e. The Morgan fingerprint density at radius 3 is 0.739 bits per heavy atom. The largest absolute Gasteiger partial charge is 0.200 e.